The molecule has 1 aliphatic rings. The summed E-state index contributed by atoms with van der Waals surface area (Å²) < 4.78 is 73.4. The minimum atomic E-state index is -4.27. The van der Waals surface area contributed by atoms with E-state index in [-0.39, 0.29) is 6.04 Å². The van der Waals surface area contributed by atoms with Crippen LogP contribution in [0.5, 0.6) is 0 Å². The number of halogens is 7. The Kier molecular flexibility index (Phi) is 8.97. The summed E-state index contributed by atoms with van der Waals surface area (Å²) in [5.41, 5.74) is 6.25. The Hall–Kier alpha value is -2.03. The maximum Gasteiger partial charge on any atom is 0.416 e. The van der Waals surface area contributed by atoms with Crippen molar-refractivity contribution >= 4 is 21.8 Å². The summed E-state index contributed by atoms with van der Waals surface area (Å²) in [5.74, 6) is 0.661. The number of hydrogen-bond acceptors (Lipinski definition) is 2. The van der Waals surface area contributed by atoms with Gasteiger partial charge in [-0.25, -0.2) is 0 Å². The van der Waals surface area contributed by atoms with E-state index in [0.29, 0.717) is 17.6 Å². The third-order valence-corrected chi connectivity index (χ3v) is 5.40. The van der Waals surface area contributed by atoms with E-state index in [0.717, 1.165) is 61.1 Å². The third-order valence-electron chi connectivity index (χ3n) is 4.76. The van der Waals surface area contributed by atoms with Gasteiger partial charge in [0.1, 0.15) is 0 Å². The van der Waals surface area contributed by atoms with E-state index in [1.807, 2.05) is 0 Å². The average molecular weight is 509 g/mol. The van der Waals surface area contributed by atoms with E-state index in [9.17, 15) is 26.3 Å². The second-order valence-corrected chi connectivity index (χ2v) is 7.81. The first-order valence-corrected chi connectivity index (χ1v) is 10.8. The van der Waals surface area contributed by atoms with Gasteiger partial charge in [0.2, 0.25) is 0 Å². The van der Waals surface area contributed by atoms with E-state index in [1.165, 1.54) is 24.3 Å². The second-order valence-electron chi connectivity index (χ2n) is 7.25. The molecule has 0 fully saturated rings. The summed E-state index contributed by atoms with van der Waals surface area (Å²) >= 11 is 3.15. The Morgan fingerprint density at radius 2 is 1.29 bits per heavy atom. The zero-order valence-corrected chi connectivity index (χ0v) is 18.2. The summed E-state index contributed by atoms with van der Waals surface area (Å²) in [6.45, 7) is 0. The molecule has 2 aromatic rings. The van der Waals surface area contributed by atoms with Gasteiger partial charge in [0.15, 0.2) is 0 Å². The van der Waals surface area contributed by atoms with Crippen LogP contribution in [0.4, 0.5) is 26.3 Å². The van der Waals surface area contributed by atoms with Crippen LogP contribution in [0.2, 0.25) is 0 Å². The lowest BCUT2D eigenvalue weighted by Crippen LogP contribution is -2.15. The van der Waals surface area contributed by atoms with Crippen molar-refractivity contribution in [1.29, 1.82) is 0 Å². The van der Waals surface area contributed by atoms with Gasteiger partial charge in [-0.05, 0) is 54.7 Å². The highest BCUT2D eigenvalue weighted by Gasteiger charge is 2.30. The zero-order valence-electron chi connectivity index (χ0n) is 16.6. The molecular formula is C22H23BrF6N2. The van der Waals surface area contributed by atoms with E-state index in [2.05, 4.69) is 20.9 Å². The van der Waals surface area contributed by atoms with Crippen molar-refractivity contribution in [2.75, 3.05) is 0 Å². The molecule has 3 rings (SSSR count). The highest BCUT2D eigenvalue weighted by atomic mass is 79.9. The smallest absolute Gasteiger partial charge is 0.387 e. The molecule has 0 radical (unpaired) electrons. The molecule has 1 unspecified atom stereocenters. The summed E-state index contributed by atoms with van der Waals surface area (Å²) in [7, 11) is 0. The van der Waals surface area contributed by atoms with Crippen molar-refractivity contribution < 1.29 is 26.3 Å². The first-order valence-electron chi connectivity index (χ1n) is 9.69. The molecule has 1 aliphatic heterocycles. The first kappa shape index (κ1) is 25.2. The molecule has 0 bridgehead atoms. The standard InChI is InChI=1S/C14H17F3N2.C8H6BrF3/c15-14(16,17)11-7-5-10(6-8-11)9-12-3-1-2-4-13(18)19-12;9-5-6-1-3-7(4-2-6)8(10,11)12/h5-8,12H,1-4,9H2,(H2,18,19);1-4H,5H2. The van der Waals surface area contributed by atoms with Gasteiger partial charge in [-0.3, -0.25) is 4.99 Å². The summed E-state index contributed by atoms with van der Waals surface area (Å²) in [6.07, 6.45) is -3.98. The predicted octanol–water partition coefficient (Wildman–Crippen LogP) is 7.15. The molecule has 0 aliphatic carbocycles. The highest BCUT2D eigenvalue weighted by molar-refractivity contribution is 9.08. The summed E-state index contributed by atoms with van der Waals surface area (Å²) in [5, 5.41) is 0.575. The van der Waals surface area contributed by atoms with Gasteiger partial charge in [0.05, 0.1) is 23.0 Å². The third kappa shape index (κ3) is 8.55. The van der Waals surface area contributed by atoms with Crippen molar-refractivity contribution in [1.82, 2.24) is 0 Å². The lowest BCUT2D eigenvalue weighted by molar-refractivity contribution is -0.138. The van der Waals surface area contributed by atoms with Gasteiger partial charge in [-0.1, -0.05) is 46.6 Å². The summed E-state index contributed by atoms with van der Waals surface area (Å²) in [6, 6.07) is 10.5. The Morgan fingerprint density at radius 1 is 0.806 bits per heavy atom. The first-order chi connectivity index (χ1) is 14.5. The second kappa shape index (κ2) is 11.0. The number of hydrogen-bond donors (Lipinski definition) is 1. The molecular weight excluding hydrogens is 486 g/mol. The molecule has 1 heterocycles. The lowest BCUT2D eigenvalue weighted by Gasteiger charge is -2.12. The van der Waals surface area contributed by atoms with Gasteiger partial charge in [-0.15, -0.1) is 0 Å². The Labute approximate surface area is 185 Å². The fourth-order valence-corrected chi connectivity index (χ4v) is 3.46. The number of nitrogens with two attached hydrogens (primary N) is 1. The fraction of sp³-hybridized carbons (Fsp3) is 0.409. The van der Waals surface area contributed by atoms with Crippen LogP contribution in [0.1, 0.15) is 47.9 Å². The monoisotopic (exact) mass is 508 g/mol. The number of nitrogens with zero attached hydrogens (tertiary/aromatic N) is 1. The van der Waals surface area contributed by atoms with E-state index < -0.39 is 23.5 Å². The minimum absolute atomic E-state index is 0.0965. The number of rotatable bonds is 3. The van der Waals surface area contributed by atoms with Gasteiger partial charge in [0, 0.05) is 11.8 Å². The van der Waals surface area contributed by atoms with Crippen LogP contribution < -0.4 is 5.73 Å². The van der Waals surface area contributed by atoms with E-state index >= 15 is 0 Å². The minimum Gasteiger partial charge on any atom is -0.387 e. The van der Waals surface area contributed by atoms with E-state index in [4.69, 9.17) is 5.73 Å². The van der Waals surface area contributed by atoms with Crippen molar-refractivity contribution in [2.24, 2.45) is 10.7 Å². The number of amidine groups is 1. The maximum absolute atomic E-state index is 12.4. The Morgan fingerprint density at radius 3 is 1.74 bits per heavy atom. The Bertz CT molecular complexity index is 842. The highest BCUT2D eigenvalue weighted by Crippen LogP contribution is 2.30. The number of alkyl halides is 7. The molecule has 170 valence electrons. The van der Waals surface area contributed by atoms with Crippen molar-refractivity contribution in [2.45, 2.75) is 55.8 Å². The molecule has 9 heteroatoms. The van der Waals surface area contributed by atoms with E-state index in [1.54, 1.807) is 0 Å². The van der Waals surface area contributed by atoms with Gasteiger partial charge in [0.25, 0.3) is 0 Å². The van der Waals surface area contributed by atoms with Crippen molar-refractivity contribution in [3.05, 3.63) is 70.8 Å². The van der Waals surface area contributed by atoms with Crippen LogP contribution in [0.3, 0.4) is 0 Å². The molecule has 0 saturated carbocycles. The summed E-state index contributed by atoms with van der Waals surface area (Å²) in [4.78, 5) is 4.41. The van der Waals surface area contributed by atoms with Crippen LogP contribution in [0.15, 0.2) is 53.5 Å². The fourth-order valence-electron chi connectivity index (χ4n) is 3.08. The number of benzene rings is 2. The van der Waals surface area contributed by atoms with Crippen molar-refractivity contribution in [3.63, 3.8) is 0 Å². The van der Waals surface area contributed by atoms with Crippen LogP contribution in [0, 0.1) is 0 Å². The van der Waals surface area contributed by atoms with Gasteiger partial charge >= 0.3 is 12.4 Å². The normalized spacial score (nSPS) is 17.3. The van der Waals surface area contributed by atoms with Crippen LogP contribution in [0.25, 0.3) is 0 Å². The average Bonchev–Trinajstić information content (AvgIpc) is 2.91. The molecule has 0 saturated heterocycles. The van der Waals surface area contributed by atoms with Crippen LogP contribution in [-0.2, 0) is 24.1 Å². The molecule has 2 nitrogen and oxygen atoms in total. The lowest BCUT2D eigenvalue weighted by atomic mass is 10.0. The molecule has 0 spiro atoms. The van der Waals surface area contributed by atoms with Crippen molar-refractivity contribution in [3.8, 4) is 0 Å². The zero-order chi connectivity index (χ0) is 23.1. The molecule has 2 N–H and O–H groups in total. The largest absolute Gasteiger partial charge is 0.416 e. The Balaban J connectivity index is 0.000000245. The maximum atomic E-state index is 12.4. The quantitative estimate of drug-likeness (QED) is 0.347. The predicted molar refractivity (Wildman–Crippen MR) is 113 cm³/mol. The molecule has 0 aromatic heterocycles. The topological polar surface area (TPSA) is 38.4 Å². The molecule has 31 heavy (non-hydrogen) atoms. The molecule has 1 atom stereocenters. The number of aliphatic imine (C=N–C) groups is 1. The molecule has 2 aromatic carbocycles. The van der Waals surface area contributed by atoms with Gasteiger partial charge in [-0.2, -0.15) is 26.3 Å². The SMILES string of the molecule is FC(F)(F)c1ccc(CBr)cc1.NC1=NC(Cc2ccc(C(F)(F)F)cc2)CCCC1. The van der Waals surface area contributed by atoms with Crippen LogP contribution >= 0.6 is 15.9 Å². The molecule has 0 amide bonds. The van der Waals surface area contributed by atoms with Gasteiger partial charge < -0.3 is 5.73 Å². The van der Waals surface area contributed by atoms with Crippen LogP contribution in [-0.4, -0.2) is 11.9 Å².